The van der Waals surface area contributed by atoms with Crippen molar-refractivity contribution in [2.75, 3.05) is 4.90 Å². The van der Waals surface area contributed by atoms with Crippen molar-refractivity contribution in [3.8, 4) is 11.3 Å². The van der Waals surface area contributed by atoms with E-state index < -0.39 is 0 Å². The fourth-order valence-electron chi connectivity index (χ4n) is 4.34. The number of carbonyl (C=O) groups is 1. The highest BCUT2D eigenvalue weighted by Crippen LogP contribution is 2.35. The molecule has 0 saturated carbocycles. The van der Waals surface area contributed by atoms with Gasteiger partial charge < -0.3 is 0 Å². The van der Waals surface area contributed by atoms with Gasteiger partial charge in [-0.2, -0.15) is 0 Å². The molecular formula is C30H21ClN4OS. The van der Waals surface area contributed by atoms with E-state index in [0.29, 0.717) is 15.7 Å². The van der Waals surface area contributed by atoms with Gasteiger partial charge in [0, 0.05) is 22.2 Å². The first-order valence-electron chi connectivity index (χ1n) is 11.8. The minimum atomic E-state index is -0.163. The summed E-state index contributed by atoms with van der Waals surface area (Å²) < 4.78 is 0.972. The Kier molecular flexibility index (Phi) is 6.12. The topological polar surface area (TPSA) is 59.0 Å². The van der Waals surface area contributed by atoms with Gasteiger partial charge in [-0.3, -0.25) is 14.7 Å². The van der Waals surface area contributed by atoms with Gasteiger partial charge in [0.2, 0.25) is 0 Å². The van der Waals surface area contributed by atoms with Crippen LogP contribution < -0.4 is 4.90 Å². The lowest BCUT2D eigenvalue weighted by molar-refractivity contribution is 0.0986. The zero-order valence-electron chi connectivity index (χ0n) is 19.9. The molecule has 0 bridgehead atoms. The average molecular weight is 521 g/mol. The lowest BCUT2D eigenvalue weighted by Gasteiger charge is -2.21. The molecule has 0 aliphatic rings. The van der Waals surface area contributed by atoms with Crippen molar-refractivity contribution in [3.05, 3.63) is 119 Å². The molecule has 5 nitrogen and oxygen atoms in total. The van der Waals surface area contributed by atoms with Crippen molar-refractivity contribution >= 4 is 55.1 Å². The van der Waals surface area contributed by atoms with Crippen LogP contribution in [0, 0.1) is 6.92 Å². The van der Waals surface area contributed by atoms with E-state index in [2.05, 4.69) is 4.98 Å². The second-order valence-electron chi connectivity index (χ2n) is 8.67. The van der Waals surface area contributed by atoms with Gasteiger partial charge >= 0.3 is 0 Å². The van der Waals surface area contributed by atoms with Crippen molar-refractivity contribution in [1.82, 2.24) is 15.0 Å². The second-order valence-corrected chi connectivity index (χ2v) is 10.1. The van der Waals surface area contributed by atoms with E-state index in [0.717, 1.165) is 43.6 Å². The number of aromatic nitrogens is 3. The fourth-order valence-corrected chi connectivity index (χ4v) is 5.51. The number of anilines is 1. The first-order valence-corrected chi connectivity index (χ1v) is 13.0. The summed E-state index contributed by atoms with van der Waals surface area (Å²) in [6.07, 6.45) is 1.73. The summed E-state index contributed by atoms with van der Waals surface area (Å²) in [7, 11) is 0. The summed E-state index contributed by atoms with van der Waals surface area (Å²) in [6, 6.07) is 29.0. The molecule has 1 amide bonds. The molecule has 6 aromatic rings. The maximum absolute atomic E-state index is 14.4. The van der Waals surface area contributed by atoms with Crippen LogP contribution in [0.4, 0.5) is 5.13 Å². The van der Waals surface area contributed by atoms with E-state index in [-0.39, 0.29) is 12.5 Å². The molecule has 0 N–H and O–H groups in total. The zero-order valence-corrected chi connectivity index (χ0v) is 21.5. The van der Waals surface area contributed by atoms with E-state index in [1.807, 2.05) is 97.9 Å². The number of amides is 1. The summed E-state index contributed by atoms with van der Waals surface area (Å²) >= 11 is 7.84. The van der Waals surface area contributed by atoms with Crippen molar-refractivity contribution in [1.29, 1.82) is 0 Å². The minimum absolute atomic E-state index is 0.163. The number of para-hydroxylation sites is 1. The molecule has 0 fully saturated rings. The molecule has 6 rings (SSSR count). The Bertz CT molecular complexity index is 1750. The molecule has 7 heteroatoms. The lowest BCUT2D eigenvalue weighted by atomic mass is 10.0. The molecule has 180 valence electrons. The van der Waals surface area contributed by atoms with Crippen molar-refractivity contribution in [2.45, 2.75) is 13.5 Å². The molecule has 0 unspecified atom stereocenters. The van der Waals surface area contributed by atoms with Gasteiger partial charge in [-0.1, -0.05) is 77.5 Å². The third-order valence-corrected chi connectivity index (χ3v) is 7.73. The highest BCUT2D eigenvalue weighted by Gasteiger charge is 2.25. The summed E-state index contributed by atoms with van der Waals surface area (Å²) in [5, 5.41) is 2.04. The van der Waals surface area contributed by atoms with Gasteiger partial charge in [-0.05, 0) is 48.9 Å². The number of pyridine rings is 2. The first-order chi connectivity index (χ1) is 18.1. The molecule has 3 aromatic carbocycles. The summed E-state index contributed by atoms with van der Waals surface area (Å²) in [5.41, 5.74) is 5.48. The molecule has 0 aliphatic carbocycles. The molecule has 0 atom stereocenters. The van der Waals surface area contributed by atoms with Gasteiger partial charge in [-0.15, -0.1) is 0 Å². The number of rotatable bonds is 5. The Hall–Kier alpha value is -4.13. The summed E-state index contributed by atoms with van der Waals surface area (Å²) in [5.74, 6) is -0.163. The number of hydrogen-bond donors (Lipinski definition) is 0. The number of fused-ring (bicyclic) bond motifs is 2. The van der Waals surface area contributed by atoms with E-state index in [1.165, 1.54) is 11.3 Å². The quantitative estimate of drug-likeness (QED) is 0.233. The van der Waals surface area contributed by atoms with E-state index in [1.54, 1.807) is 11.1 Å². The van der Waals surface area contributed by atoms with Crippen LogP contribution in [0.1, 0.15) is 21.6 Å². The van der Waals surface area contributed by atoms with Crippen LogP contribution in [0.25, 0.3) is 32.4 Å². The molecule has 3 aromatic heterocycles. The molecular weight excluding hydrogens is 500 g/mol. The fraction of sp³-hybridized carbons (Fsp3) is 0.0667. The number of hydrogen-bond acceptors (Lipinski definition) is 5. The van der Waals surface area contributed by atoms with Gasteiger partial charge in [0.25, 0.3) is 5.91 Å². The van der Waals surface area contributed by atoms with Crippen molar-refractivity contribution < 1.29 is 4.79 Å². The molecule has 0 saturated heterocycles. The summed E-state index contributed by atoms with van der Waals surface area (Å²) in [6.45, 7) is 2.23. The van der Waals surface area contributed by atoms with Gasteiger partial charge in [0.15, 0.2) is 5.13 Å². The third-order valence-electron chi connectivity index (χ3n) is 6.28. The molecule has 37 heavy (non-hydrogen) atoms. The maximum atomic E-state index is 14.4. The van der Waals surface area contributed by atoms with Crippen LogP contribution in [0.5, 0.6) is 0 Å². The third kappa shape index (κ3) is 4.46. The number of aryl methyl sites for hydroxylation is 1. The number of halogens is 1. The highest BCUT2D eigenvalue weighted by molar-refractivity contribution is 7.22. The summed E-state index contributed by atoms with van der Waals surface area (Å²) in [4.78, 5) is 30.3. The van der Waals surface area contributed by atoms with Crippen LogP contribution >= 0.6 is 22.9 Å². The largest absolute Gasteiger partial charge is 0.278 e. The zero-order chi connectivity index (χ0) is 25.4. The number of carbonyl (C=O) groups excluding carboxylic acids is 1. The molecule has 0 aliphatic heterocycles. The standard InChI is InChI=1S/C30H21ClN4OS/c1-19-24(31)14-15-27-28(19)34-30(37-27)35(18-21-11-7-8-16-32-21)29(36)23-17-26(20-9-3-2-4-10-20)33-25-13-6-5-12-22(23)25/h2-17H,18H2,1H3. The SMILES string of the molecule is Cc1c(Cl)ccc2sc(N(Cc3ccccn3)C(=O)c3cc(-c4ccccc4)nc4ccccc34)nc12. The average Bonchev–Trinajstić information content (AvgIpc) is 3.39. The Labute approximate surface area is 223 Å². The van der Waals surface area contributed by atoms with Crippen LogP contribution in [-0.2, 0) is 6.54 Å². The highest BCUT2D eigenvalue weighted by atomic mass is 35.5. The van der Waals surface area contributed by atoms with Crippen LogP contribution in [0.15, 0.2) is 97.2 Å². The smallest absolute Gasteiger partial charge is 0.261 e. The Balaban J connectivity index is 1.53. The van der Waals surface area contributed by atoms with Gasteiger partial charge in [0.1, 0.15) is 0 Å². The number of benzene rings is 3. The Morgan fingerprint density at radius 1 is 0.919 bits per heavy atom. The lowest BCUT2D eigenvalue weighted by Crippen LogP contribution is -2.31. The van der Waals surface area contributed by atoms with Crippen molar-refractivity contribution in [3.63, 3.8) is 0 Å². The van der Waals surface area contributed by atoms with Crippen LogP contribution in [-0.4, -0.2) is 20.9 Å². The number of nitrogens with zero attached hydrogens (tertiary/aromatic N) is 4. The Morgan fingerprint density at radius 2 is 1.70 bits per heavy atom. The predicted octanol–water partition coefficient (Wildman–Crippen LogP) is 7.72. The minimum Gasteiger partial charge on any atom is -0.278 e. The van der Waals surface area contributed by atoms with Crippen molar-refractivity contribution in [2.24, 2.45) is 0 Å². The maximum Gasteiger partial charge on any atom is 0.261 e. The molecule has 0 radical (unpaired) electrons. The Morgan fingerprint density at radius 3 is 2.51 bits per heavy atom. The molecule has 0 spiro atoms. The van der Waals surface area contributed by atoms with E-state index in [9.17, 15) is 4.79 Å². The van der Waals surface area contributed by atoms with Crippen LogP contribution in [0.2, 0.25) is 5.02 Å². The van der Waals surface area contributed by atoms with Crippen LogP contribution in [0.3, 0.4) is 0 Å². The van der Waals surface area contributed by atoms with Gasteiger partial charge in [-0.25, -0.2) is 9.97 Å². The second kappa shape index (κ2) is 9.73. The molecule has 3 heterocycles. The van der Waals surface area contributed by atoms with E-state index >= 15 is 0 Å². The van der Waals surface area contributed by atoms with E-state index in [4.69, 9.17) is 21.6 Å². The first kappa shape index (κ1) is 23.3. The number of thiazole rings is 1. The van der Waals surface area contributed by atoms with Gasteiger partial charge in [0.05, 0.1) is 39.2 Å². The normalized spacial score (nSPS) is 11.2. The monoisotopic (exact) mass is 520 g/mol. The predicted molar refractivity (Wildman–Crippen MR) is 151 cm³/mol.